The molecule has 9 heteroatoms. The lowest BCUT2D eigenvalue weighted by Crippen LogP contribution is -2.29. The number of fused-ring (bicyclic) bond motifs is 1. The molecule has 3 aromatic carbocycles. The van der Waals surface area contributed by atoms with Gasteiger partial charge in [0.2, 0.25) is 0 Å². The van der Waals surface area contributed by atoms with Gasteiger partial charge in [-0.05, 0) is 73.5 Å². The van der Waals surface area contributed by atoms with Gasteiger partial charge < -0.3 is 14.6 Å². The molecular formula is C29H25BrN2O5S. The molecular weight excluding hydrogens is 568 g/mol. The first kappa shape index (κ1) is 25.9. The molecule has 0 saturated carbocycles. The van der Waals surface area contributed by atoms with Crippen molar-refractivity contribution in [2.45, 2.75) is 26.3 Å². The summed E-state index contributed by atoms with van der Waals surface area (Å²) >= 11 is 4.74. The number of aromatic nitrogens is 1. The molecule has 1 aliphatic rings. The summed E-state index contributed by atoms with van der Waals surface area (Å²) in [5, 5.41) is 11.7. The summed E-state index contributed by atoms with van der Waals surface area (Å²) in [5.74, 6) is -0.398. The number of rotatable bonds is 8. The molecule has 1 N–H and O–H groups in total. The second-order valence-corrected chi connectivity index (χ2v) is 10.6. The third kappa shape index (κ3) is 4.91. The van der Waals surface area contributed by atoms with Crippen LogP contribution in [0.25, 0.3) is 16.0 Å². The van der Waals surface area contributed by atoms with E-state index in [4.69, 9.17) is 9.47 Å². The summed E-state index contributed by atoms with van der Waals surface area (Å²) in [4.78, 5) is 32.9. The molecule has 0 bridgehead atoms. The van der Waals surface area contributed by atoms with Gasteiger partial charge in [0.25, 0.3) is 5.78 Å². The molecule has 1 aliphatic heterocycles. The minimum absolute atomic E-state index is 0.00816. The van der Waals surface area contributed by atoms with Gasteiger partial charge >= 0.3 is 5.91 Å². The van der Waals surface area contributed by atoms with E-state index in [1.54, 1.807) is 24.3 Å². The molecule has 1 atom stereocenters. The number of aliphatic hydroxyl groups is 1. The lowest BCUT2D eigenvalue weighted by molar-refractivity contribution is -0.132. The summed E-state index contributed by atoms with van der Waals surface area (Å²) in [6.45, 7) is 5.03. The lowest BCUT2D eigenvalue weighted by Gasteiger charge is -2.23. The standard InChI is InChI=1S/C29H25BrN2O5S/c1-3-15-37-20-11-7-18(8-12-20)26(33)24-25(17-5-9-19(30)10-6-17)32(28(35)27(24)34)29-31-22-14-13-21(36-4-2)16-23(22)38-29/h5-14,16,25,33H,3-4,15H2,1-2H3/b26-24+. The molecule has 2 heterocycles. The van der Waals surface area contributed by atoms with Crippen molar-refractivity contribution in [1.29, 1.82) is 0 Å². The van der Waals surface area contributed by atoms with E-state index in [1.165, 1.54) is 16.2 Å². The Morgan fingerprint density at radius 3 is 2.39 bits per heavy atom. The molecule has 1 aromatic heterocycles. The first-order valence-corrected chi connectivity index (χ1v) is 13.8. The third-order valence-electron chi connectivity index (χ3n) is 6.10. The number of hydrogen-bond acceptors (Lipinski definition) is 7. The van der Waals surface area contributed by atoms with E-state index in [-0.39, 0.29) is 11.3 Å². The van der Waals surface area contributed by atoms with Crippen LogP contribution in [0, 0.1) is 0 Å². The number of halogens is 1. The Balaban J connectivity index is 1.62. The Bertz CT molecular complexity index is 1530. The summed E-state index contributed by atoms with van der Waals surface area (Å²) < 4.78 is 12.9. The molecule has 0 aliphatic carbocycles. The van der Waals surface area contributed by atoms with Gasteiger partial charge in [-0.2, -0.15) is 0 Å². The summed E-state index contributed by atoms with van der Waals surface area (Å²) in [6.07, 6.45) is 0.872. The van der Waals surface area contributed by atoms with Gasteiger partial charge in [-0.15, -0.1) is 0 Å². The predicted octanol–water partition coefficient (Wildman–Crippen LogP) is 6.87. The lowest BCUT2D eigenvalue weighted by atomic mass is 9.95. The Morgan fingerprint density at radius 2 is 1.71 bits per heavy atom. The highest BCUT2D eigenvalue weighted by molar-refractivity contribution is 9.10. The van der Waals surface area contributed by atoms with Crippen molar-refractivity contribution in [3.8, 4) is 11.5 Å². The molecule has 1 amide bonds. The predicted molar refractivity (Wildman–Crippen MR) is 152 cm³/mol. The van der Waals surface area contributed by atoms with Crippen molar-refractivity contribution in [3.63, 3.8) is 0 Å². The summed E-state index contributed by atoms with van der Waals surface area (Å²) in [6, 6.07) is 18.8. The van der Waals surface area contributed by atoms with Crippen molar-refractivity contribution in [1.82, 2.24) is 4.98 Å². The van der Waals surface area contributed by atoms with Gasteiger partial charge in [0.15, 0.2) is 5.13 Å². The van der Waals surface area contributed by atoms with E-state index in [0.717, 1.165) is 15.6 Å². The van der Waals surface area contributed by atoms with Crippen molar-refractivity contribution in [3.05, 3.63) is 87.9 Å². The van der Waals surface area contributed by atoms with Crippen LogP contribution in [0.15, 0.2) is 76.8 Å². The van der Waals surface area contributed by atoms with Crippen LogP contribution >= 0.6 is 27.3 Å². The Morgan fingerprint density at radius 1 is 1.00 bits per heavy atom. The minimum atomic E-state index is -0.856. The van der Waals surface area contributed by atoms with Crippen LogP contribution in [-0.4, -0.2) is 35.0 Å². The average Bonchev–Trinajstić information content (AvgIpc) is 3.45. The van der Waals surface area contributed by atoms with Gasteiger partial charge in [-0.1, -0.05) is 46.3 Å². The normalized spacial score (nSPS) is 16.8. The number of carbonyl (C=O) groups is 2. The molecule has 4 aromatic rings. The Hall–Kier alpha value is -3.69. The largest absolute Gasteiger partial charge is 0.507 e. The maximum atomic E-state index is 13.5. The number of thiazole rings is 1. The van der Waals surface area contributed by atoms with Gasteiger partial charge in [-0.3, -0.25) is 14.5 Å². The molecule has 194 valence electrons. The number of nitrogens with zero attached hydrogens (tertiary/aromatic N) is 2. The maximum Gasteiger partial charge on any atom is 0.301 e. The van der Waals surface area contributed by atoms with Crippen LogP contribution in [0.3, 0.4) is 0 Å². The molecule has 0 radical (unpaired) electrons. The second kappa shape index (κ2) is 11.0. The zero-order valence-electron chi connectivity index (χ0n) is 20.8. The van der Waals surface area contributed by atoms with Crippen molar-refractivity contribution >= 4 is 60.1 Å². The first-order valence-electron chi connectivity index (χ1n) is 12.2. The van der Waals surface area contributed by atoms with Gasteiger partial charge in [-0.25, -0.2) is 4.98 Å². The van der Waals surface area contributed by atoms with E-state index in [9.17, 15) is 14.7 Å². The topological polar surface area (TPSA) is 89.0 Å². The van der Waals surface area contributed by atoms with E-state index in [1.807, 2.05) is 56.3 Å². The van der Waals surface area contributed by atoms with Crippen molar-refractivity contribution in [2.75, 3.05) is 18.1 Å². The zero-order valence-corrected chi connectivity index (χ0v) is 23.2. The fourth-order valence-electron chi connectivity index (χ4n) is 4.33. The number of aliphatic hydroxyl groups excluding tert-OH is 1. The smallest absolute Gasteiger partial charge is 0.301 e. The van der Waals surface area contributed by atoms with Crippen LogP contribution in [-0.2, 0) is 9.59 Å². The zero-order chi connectivity index (χ0) is 26.8. The van der Waals surface area contributed by atoms with Crippen LogP contribution in [0.1, 0.15) is 37.4 Å². The second-order valence-electron chi connectivity index (χ2n) is 8.65. The molecule has 1 unspecified atom stereocenters. The molecule has 1 fully saturated rings. The maximum absolute atomic E-state index is 13.5. The highest BCUT2D eigenvalue weighted by Crippen LogP contribution is 2.45. The molecule has 0 spiro atoms. The number of carbonyl (C=O) groups excluding carboxylic acids is 2. The van der Waals surface area contributed by atoms with Gasteiger partial charge in [0.1, 0.15) is 17.3 Å². The number of Topliss-reactive ketones (excluding diaryl/α,β-unsaturated/α-hetero) is 1. The third-order valence-corrected chi connectivity index (χ3v) is 7.64. The molecule has 5 rings (SSSR count). The highest BCUT2D eigenvalue weighted by atomic mass is 79.9. The first-order chi connectivity index (χ1) is 18.4. The fraction of sp³-hybridized carbons (Fsp3) is 0.207. The highest BCUT2D eigenvalue weighted by Gasteiger charge is 2.48. The van der Waals surface area contributed by atoms with Crippen molar-refractivity contribution in [2.24, 2.45) is 0 Å². The number of hydrogen-bond donors (Lipinski definition) is 1. The number of anilines is 1. The Kier molecular flexibility index (Phi) is 7.49. The number of amides is 1. The number of benzene rings is 3. The monoisotopic (exact) mass is 592 g/mol. The molecule has 1 saturated heterocycles. The van der Waals surface area contributed by atoms with Crippen LogP contribution in [0.2, 0.25) is 0 Å². The van der Waals surface area contributed by atoms with Gasteiger partial charge in [0, 0.05) is 10.0 Å². The van der Waals surface area contributed by atoms with Crippen LogP contribution in [0.4, 0.5) is 5.13 Å². The van der Waals surface area contributed by atoms with E-state index >= 15 is 0 Å². The van der Waals surface area contributed by atoms with E-state index in [2.05, 4.69) is 20.9 Å². The summed E-state index contributed by atoms with van der Waals surface area (Å²) in [5.41, 5.74) is 1.78. The fourth-order valence-corrected chi connectivity index (χ4v) is 5.61. The van der Waals surface area contributed by atoms with E-state index < -0.39 is 17.7 Å². The minimum Gasteiger partial charge on any atom is -0.507 e. The average molecular weight is 593 g/mol. The van der Waals surface area contributed by atoms with Crippen LogP contribution in [0.5, 0.6) is 11.5 Å². The number of ether oxygens (including phenoxy) is 2. The number of ketones is 1. The van der Waals surface area contributed by atoms with Crippen molar-refractivity contribution < 1.29 is 24.2 Å². The molecule has 38 heavy (non-hydrogen) atoms. The van der Waals surface area contributed by atoms with Crippen LogP contribution < -0.4 is 14.4 Å². The molecule has 7 nitrogen and oxygen atoms in total. The Labute approximate surface area is 232 Å². The van der Waals surface area contributed by atoms with E-state index in [0.29, 0.717) is 46.5 Å². The van der Waals surface area contributed by atoms with Gasteiger partial charge in [0.05, 0.1) is 35.0 Å². The summed E-state index contributed by atoms with van der Waals surface area (Å²) in [7, 11) is 0. The quantitative estimate of drug-likeness (QED) is 0.136. The SMILES string of the molecule is CCCOc1ccc(/C(O)=C2\C(=O)C(=O)N(c3nc4ccc(OCC)cc4s3)C2c2ccc(Br)cc2)cc1.